The molecule has 0 bridgehead atoms. The molecule has 28 heavy (non-hydrogen) atoms. The molecule has 0 saturated heterocycles. The lowest BCUT2D eigenvalue weighted by Gasteiger charge is -2.21. The van der Waals surface area contributed by atoms with Crippen LogP contribution in [0.2, 0.25) is 0 Å². The highest BCUT2D eigenvalue weighted by molar-refractivity contribution is 5.97. The molecule has 1 unspecified atom stereocenters. The van der Waals surface area contributed by atoms with Gasteiger partial charge in [-0.15, -0.1) is 0 Å². The molecule has 2 aromatic carbocycles. The molecule has 0 saturated carbocycles. The summed E-state index contributed by atoms with van der Waals surface area (Å²) in [6.07, 6.45) is 0. The molecule has 3 rings (SSSR count). The third-order valence-electron chi connectivity index (χ3n) is 5.05. The van der Waals surface area contributed by atoms with E-state index >= 15 is 0 Å². The van der Waals surface area contributed by atoms with Gasteiger partial charge in [0, 0.05) is 30.2 Å². The monoisotopic (exact) mass is 377 g/mol. The minimum atomic E-state index is -0.309. The summed E-state index contributed by atoms with van der Waals surface area (Å²) in [7, 11) is 0. The maximum absolute atomic E-state index is 12.7. The molecule has 0 aliphatic rings. The van der Waals surface area contributed by atoms with E-state index in [-0.39, 0.29) is 23.1 Å². The fraction of sp³-hybridized carbons (Fsp3) is 0.304. The molecule has 0 radical (unpaired) electrons. The Morgan fingerprint density at radius 3 is 2.43 bits per heavy atom. The maximum Gasteiger partial charge on any atom is 0.257 e. The third kappa shape index (κ3) is 4.09. The largest absolute Gasteiger partial charge is 0.438 e. The van der Waals surface area contributed by atoms with E-state index in [1.54, 1.807) is 6.07 Å². The van der Waals surface area contributed by atoms with Gasteiger partial charge in [0.25, 0.3) is 5.91 Å². The first kappa shape index (κ1) is 19.7. The van der Waals surface area contributed by atoms with Crippen LogP contribution in [0.5, 0.6) is 0 Å². The SMILES string of the molecule is CCN(CC)c1ccc2cc(C(=O)NC(C)c3ccc(C)cc3)c(=N)oc2c1. The lowest BCUT2D eigenvalue weighted by Crippen LogP contribution is -2.30. The molecular weight excluding hydrogens is 350 g/mol. The van der Waals surface area contributed by atoms with Crippen LogP contribution in [-0.4, -0.2) is 19.0 Å². The molecule has 3 aromatic rings. The molecule has 5 heteroatoms. The first-order valence-corrected chi connectivity index (χ1v) is 9.67. The van der Waals surface area contributed by atoms with Crippen molar-refractivity contribution in [1.82, 2.24) is 5.32 Å². The van der Waals surface area contributed by atoms with E-state index in [0.717, 1.165) is 29.7 Å². The number of rotatable bonds is 6. The normalized spacial score (nSPS) is 12.0. The number of hydrogen-bond acceptors (Lipinski definition) is 4. The summed E-state index contributed by atoms with van der Waals surface area (Å²) < 4.78 is 5.68. The second kappa shape index (κ2) is 8.30. The van der Waals surface area contributed by atoms with Crippen molar-refractivity contribution in [3.63, 3.8) is 0 Å². The van der Waals surface area contributed by atoms with Crippen LogP contribution in [0.1, 0.15) is 48.3 Å². The zero-order valence-corrected chi connectivity index (χ0v) is 16.9. The van der Waals surface area contributed by atoms with Crippen molar-refractivity contribution in [2.24, 2.45) is 0 Å². The van der Waals surface area contributed by atoms with Gasteiger partial charge in [-0.2, -0.15) is 0 Å². The summed E-state index contributed by atoms with van der Waals surface area (Å²) in [6, 6.07) is 15.5. The average molecular weight is 377 g/mol. The summed E-state index contributed by atoms with van der Waals surface area (Å²) >= 11 is 0. The Hall–Kier alpha value is -3.08. The number of nitrogens with one attached hydrogen (secondary N) is 2. The van der Waals surface area contributed by atoms with Gasteiger partial charge in [-0.25, -0.2) is 0 Å². The Bertz CT molecular complexity index is 1030. The molecule has 0 fully saturated rings. The Balaban J connectivity index is 1.87. The van der Waals surface area contributed by atoms with Crippen molar-refractivity contribution in [1.29, 1.82) is 5.41 Å². The quantitative estimate of drug-likeness (QED) is 0.662. The second-order valence-electron chi connectivity index (χ2n) is 6.99. The summed E-state index contributed by atoms with van der Waals surface area (Å²) in [6.45, 7) is 9.95. The predicted octanol–water partition coefficient (Wildman–Crippen LogP) is 4.56. The second-order valence-corrected chi connectivity index (χ2v) is 6.99. The van der Waals surface area contributed by atoms with E-state index < -0.39 is 0 Å². The molecule has 5 nitrogen and oxygen atoms in total. The van der Waals surface area contributed by atoms with Crippen LogP contribution in [0, 0.1) is 12.3 Å². The number of fused-ring (bicyclic) bond motifs is 1. The van der Waals surface area contributed by atoms with Crippen molar-refractivity contribution in [3.8, 4) is 0 Å². The number of aryl methyl sites for hydroxylation is 1. The Morgan fingerprint density at radius 2 is 1.79 bits per heavy atom. The maximum atomic E-state index is 12.7. The van der Waals surface area contributed by atoms with E-state index in [0.29, 0.717) is 5.58 Å². The van der Waals surface area contributed by atoms with Gasteiger partial charge in [-0.05, 0) is 51.5 Å². The van der Waals surface area contributed by atoms with Crippen LogP contribution < -0.4 is 15.8 Å². The average Bonchev–Trinajstić information content (AvgIpc) is 2.68. The van der Waals surface area contributed by atoms with Crippen LogP contribution >= 0.6 is 0 Å². The molecular formula is C23H27N3O2. The molecule has 2 N–H and O–H groups in total. The van der Waals surface area contributed by atoms with E-state index in [1.165, 1.54) is 5.56 Å². The van der Waals surface area contributed by atoms with Gasteiger partial charge in [0.15, 0.2) is 0 Å². The standard InChI is InChI=1S/C23H27N3O2/c1-5-26(6-2)19-12-11-18-13-20(22(24)28-21(18)14-19)23(27)25-16(4)17-9-7-15(3)8-10-17/h7-14,16,24H,5-6H2,1-4H3,(H,25,27). The molecule has 1 aromatic heterocycles. The minimum absolute atomic E-state index is 0.127. The first-order chi connectivity index (χ1) is 13.4. The lowest BCUT2D eigenvalue weighted by molar-refractivity contribution is 0.0935. The van der Waals surface area contributed by atoms with Gasteiger partial charge in [-0.3, -0.25) is 10.2 Å². The van der Waals surface area contributed by atoms with Crippen molar-refractivity contribution in [2.75, 3.05) is 18.0 Å². The number of carbonyl (C=O) groups is 1. The van der Waals surface area contributed by atoms with Crippen LogP contribution in [0.3, 0.4) is 0 Å². The molecule has 146 valence electrons. The molecule has 1 amide bonds. The Morgan fingerprint density at radius 1 is 1.11 bits per heavy atom. The van der Waals surface area contributed by atoms with Gasteiger partial charge in [-0.1, -0.05) is 29.8 Å². The summed E-state index contributed by atoms with van der Waals surface area (Å²) in [5.41, 5.74) is 3.96. The fourth-order valence-corrected chi connectivity index (χ4v) is 3.28. The molecule has 1 heterocycles. The van der Waals surface area contributed by atoms with Crippen molar-refractivity contribution >= 4 is 22.6 Å². The summed E-state index contributed by atoms with van der Waals surface area (Å²) in [5, 5.41) is 12.0. The molecule has 0 aliphatic heterocycles. The number of benzene rings is 2. The van der Waals surface area contributed by atoms with E-state index in [2.05, 4.69) is 24.1 Å². The van der Waals surface area contributed by atoms with Gasteiger partial charge in [0.1, 0.15) is 11.1 Å². The minimum Gasteiger partial charge on any atom is -0.438 e. The smallest absolute Gasteiger partial charge is 0.257 e. The highest BCUT2D eigenvalue weighted by Gasteiger charge is 2.16. The summed E-state index contributed by atoms with van der Waals surface area (Å²) in [5.74, 6) is -0.309. The fourth-order valence-electron chi connectivity index (χ4n) is 3.28. The zero-order chi connectivity index (χ0) is 20.3. The number of carbonyl (C=O) groups excluding carboxylic acids is 1. The van der Waals surface area contributed by atoms with Crippen LogP contribution in [-0.2, 0) is 0 Å². The molecule has 0 aliphatic carbocycles. The Kier molecular flexibility index (Phi) is 5.83. The number of amides is 1. The van der Waals surface area contributed by atoms with Crippen molar-refractivity contribution in [2.45, 2.75) is 33.7 Å². The predicted molar refractivity (Wildman–Crippen MR) is 113 cm³/mol. The highest BCUT2D eigenvalue weighted by Crippen LogP contribution is 2.22. The van der Waals surface area contributed by atoms with Crippen molar-refractivity contribution in [3.05, 3.63) is 70.8 Å². The zero-order valence-electron chi connectivity index (χ0n) is 16.9. The van der Waals surface area contributed by atoms with E-state index in [1.807, 2.05) is 56.3 Å². The molecule has 1 atom stereocenters. The molecule has 0 spiro atoms. The van der Waals surface area contributed by atoms with Crippen LogP contribution in [0.25, 0.3) is 11.0 Å². The van der Waals surface area contributed by atoms with Crippen LogP contribution in [0.15, 0.2) is 52.9 Å². The summed E-state index contributed by atoms with van der Waals surface area (Å²) in [4.78, 5) is 14.9. The highest BCUT2D eigenvalue weighted by atomic mass is 16.3. The number of nitrogens with zero attached hydrogens (tertiary/aromatic N) is 1. The lowest BCUT2D eigenvalue weighted by atomic mass is 10.1. The first-order valence-electron chi connectivity index (χ1n) is 9.67. The van der Waals surface area contributed by atoms with E-state index in [4.69, 9.17) is 9.83 Å². The Labute approximate surface area is 165 Å². The van der Waals surface area contributed by atoms with Gasteiger partial charge in [0.05, 0.1) is 6.04 Å². The topological polar surface area (TPSA) is 69.3 Å². The van der Waals surface area contributed by atoms with Crippen molar-refractivity contribution < 1.29 is 9.21 Å². The van der Waals surface area contributed by atoms with Gasteiger partial charge >= 0.3 is 0 Å². The van der Waals surface area contributed by atoms with E-state index in [9.17, 15) is 4.79 Å². The third-order valence-corrected chi connectivity index (χ3v) is 5.05. The number of anilines is 1. The number of hydrogen-bond donors (Lipinski definition) is 2. The van der Waals surface area contributed by atoms with Gasteiger partial charge < -0.3 is 14.6 Å². The van der Waals surface area contributed by atoms with Crippen LogP contribution in [0.4, 0.5) is 5.69 Å². The van der Waals surface area contributed by atoms with Gasteiger partial charge in [0.2, 0.25) is 5.55 Å².